The Morgan fingerprint density at radius 3 is 2.94 bits per heavy atom. The van der Waals surface area contributed by atoms with Crippen molar-refractivity contribution in [2.45, 2.75) is 33.4 Å². The van der Waals surface area contributed by atoms with Gasteiger partial charge in [0, 0.05) is 24.5 Å². The molecule has 0 aromatic carbocycles. The second-order valence-electron chi connectivity index (χ2n) is 4.60. The Kier molecular flexibility index (Phi) is 4.46. The molecule has 0 bridgehead atoms. The summed E-state index contributed by atoms with van der Waals surface area (Å²) in [7, 11) is 0. The summed E-state index contributed by atoms with van der Waals surface area (Å²) < 4.78 is 3.73. The molecule has 0 fully saturated rings. The second-order valence-corrected chi connectivity index (χ2v) is 5.39. The van der Waals surface area contributed by atoms with Gasteiger partial charge in [-0.05, 0) is 5.92 Å². The van der Waals surface area contributed by atoms with E-state index < -0.39 is 0 Å². The van der Waals surface area contributed by atoms with Crippen molar-refractivity contribution in [3.63, 3.8) is 0 Å². The lowest BCUT2D eigenvalue weighted by molar-refractivity contribution is 0.455. The summed E-state index contributed by atoms with van der Waals surface area (Å²) >= 11 is 3.39. The Balaban J connectivity index is 2.06. The van der Waals surface area contributed by atoms with E-state index >= 15 is 0 Å². The van der Waals surface area contributed by atoms with Crippen LogP contribution in [-0.2, 0) is 19.5 Å². The van der Waals surface area contributed by atoms with Crippen molar-refractivity contribution in [1.82, 2.24) is 29.8 Å². The molecule has 0 aliphatic rings. The van der Waals surface area contributed by atoms with Crippen LogP contribution in [0.1, 0.15) is 25.4 Å². The van der Waals surface area contributed by atoms with Gasteiger partial charge in [-0.2, -0.15) is 5.10 Å². The summed E-state index contributed by atoms with van der Waals surface area (Å²) in [6, 6.07) is 0. The van der Waals surface area contributed by atoms with Gasteiger partial charge in [0.2, 0.25) is 0 Å². The SMILES string of the molecule is CC(C)Cn1ncnc1Cn1cc(CCBr)nn1. The molecule has 0 aliphatic carbocycles. The molecule has 0 aliphatic heterocycles. The summed E-state index contributed by atoms with van der Waals surface area (Å²) in [4.78, 5) is 4.27. The lowest BCUT2D eigenvalue weighted by atomic mass is 10.2. The van der Waals surface area contributed by atoms with Crippen molar-refractivity contribution < 1.29 is 0 Å². The number of hydrogen-bond acceptors (Lipinski definition) is 4. The number of aromatic nitrogens is 6. The fourth-order valence-electron chi connectivity index (χ4n) is 1.68. The van der Waals surface area contributed by atoms with Crippen LogP contribution >= 0.6 is 15.9 Å². The van der Waals surface area contributed by atoms with Gasteiger partial charge in [-0.1, -0.05) is 35.0 Å². The molecule has 0 radical (unpaired) electrons. The van der Waals surface area contributed by atoms with E-state index in [0.717, 1.165) is 29.8 Å². The fourth-order valence-corrected chi connectivity index (χ4v) is 2.09. The molecular weight excluding hydrogens is 296 g/mol. The average molecular weight is 313 g/mol. The van der Waals surface area contributed by atoms with Crippen molar-refractivity contribution in [2.75, 3.05) is 5.33 Å². The maximum atomic E-state index is 4.27. The van der Waals surface area contributed by atoms with E-state index in [2.05, 4.69) is 50.2 Å². The van der Waals surface area contributed by atoms with Gasteiger partial charge in [0.1, 0.15) is 18.7 Å². The van der Waals surface area contributed by atoms with Gasteiger partial charge in [-0.15, -0.1) is 5.10 Å². The summed E-state index contributed by atoms with van der Waals surface area (Å²) in [5, 5.41) is 13.3. The van der Waals surface area contributed by atoms with Gasteiger partial charge in [0.05, 0.1) is 5.69 Å². The number of aryl methyl sites for hydroxylation is 1. The predicted molar refractivity (Wildman–Crippen MR) is 71.5 cm³/mol. The topological polar surface area (TPSA) is 61.4 Å². The number of rotatable bonds is 6. The highest BCUT2D eigenvalue weighted by Gasteiger charge is 2.08. The van der Waals surface area contributed by atoms with Crippen LogP contribution in [0.15, 0.2) is 12.5 Å². The third-order valence-corrected chi connectivity index (χ3v) is 2.87. The molecule has 0 saturated carbocycles. The van der Waals surface area contributed by atoms with Crippen LogP contribution in [0.4, 0.5) is 0 Å². The van der Waals surface area contributed by atoms with E-state index in [-0.39, 0.29) is 0 Å². The van der Waals surface area contributed by atoms with Crippen molar-refractivity contribution in [1.29, 1.82) is 0 Å². The van der Waals surface area contributed by atoms with Crippen molar-refractivity contribution >= 4 is 15.9 Å². The van der Waals surface area contributed by atoms with Gasteiger partial charge < -0.3 is 0 Å². The van der Waals surface area contributed by atoms with Gasteiger partial charge in [-0.25, -0.2) is 14.3 Å². The van der Waals surface area contributed by atoms with Crippen LogP contribution < -0.4 is 0 Å². The molecule has 7 heteroatoms. The maximum Gasteiger partial charge on any atom is 0.148 e. The number of alkyl halides is 1. The predicted octanol–water partition coefficient (Wildman–Crippen LogP) is 1.51. The normalized spacial score (nSPS) is 11.3. The standard InChI is InChI=1S/C11H17BrN6/c1-9(2)5-18-11(13-8-14-18)7-17-6-10(3-4-12)15-16-17/h6,8-9H,3-5,7H2,1-2H3. The third-order valence-electron chi connectivity index (χ3n) is 2.47. The average Bonchev–Trinajstić information content (AvgIpc) is 2.90. The lowest BCUT2D eigenvalue weighted by Crippen LogP contribution is -2.13. The number of hydrogen-bond donors (Lipinski definition) is 0. The summed E-state index contributed by atoms with van der Waals surface area (Å²) in [5.74, 6) is 1.46. The smallest absolute Gasteiger partial charge is 0.148 e. The Morgan fingerprint density at radius 2 is 2.22 bits per heavy atom. The molecule has 2 aromatic heterocycles. The van der Waals surface area contributed by atoms with E-state index in [0.29, 0.717) is 12.5 Å². The zero-order valence-corrected chi connectivity index (χ0v) is 12.2. The van der Waals surface area contributed by atoms with Crippen LogP contribution in [-0.4, -0.2) is 35.1 Å². The van der Waals surface area contributed by atoms with Crippen molar-refractivity contribution in [3.05, 3.63) is 24.0 Å². The molecule has 0 spiro atoms. The first-order chi connectivity index (χ1) is 8.69. The largest absolute Gasteiger partial charge is 0.248 e. The fraction of sp³-hybridized carbons (Fsp3) is 0.636. The molecule has 0 saturated heterocycles. The number of nitrogens with zero attached hydrogens (tertiary/aromatic N) is 6. The first kappa shape index (κ1) is 13.2. The van der Waals surface area contributed by atoms with E-state index in [1.54, 1.807) is 11.0 Å². The van der Waals surface area contributed by atoms with Crippen molar-refractivity contribution in [2.24, 2.45) is 5.92 Å². The minimum Gasteiger partial charge on any atom is -0.248 e. The lowest BCUT2D eigenvalue weighted by Gasteiger charge is -2.07. The molecule has 0 N–H and O–H groups in total. The zero-order chi connectivity index (χ0) is 13.0. The molecule has 2 heterocycles. The van der Waals surface area contributed by atoms with Gasteiger partial charge in [-0.3, -0.25) is 0 Å². The quantitative estimate of drug-likeness (QED) is 0.759. The van der Waals surface area contributed by atoms with Crippen molar-refractivity contribution in [3.8, 4) is 0 Å². The van der Waals surface area contributed by atoms with Crippen LogP contribution in [0.3, 0.4) is 0 Å². The van der Waals surface area contributed by atoms with Crippen LogP contribution in [0, 0.1) is 5.92 Å². The Labute approximate surface area is 115 Å². The van der Waals surface area contributed by atoms with E-state index in [4.69, 9.17) is 0 Å². The molecule has 6 nitrogen and oxygen atoms in total. The molecule has 0 atom stereocenters. The van der Waals surface area contributed by atoms with E-state index in [1.807, 2.05) is 10.9 Å². The zero-order valence-electron chi connectivity index (χ0n) is 10.6. The minimum absolute atomic E-state index is 0.546. The molecule has 0 unspecified atom stereocenters. The van der Waals surface area contributed by atoms with Gasteiger partial charge in [0.25, 0.3) is 0 Å². The number of halogens is 1. The molecule has 0 amide bonds. The van der Waals surface area contributed by atoms with Crippen LogP contribution in [0.5, 0.6) is 0 Å². The van der Waals surface area contributed by atoms with Gasteiger partial charge >= 0.3 is 0 Å². The first-order valence-electron chi connectivity index (χ1n) is 6.00. The molecular formula is C11H17BrN6. The molecule has 18 heavy (non-hydrogen) atoms. The monoisotopic (exact) mass is 312 g/mol. The summed E-state index contributed by atoms with van der Waals surface area (Å²) in [5.41, 5.74) is 0.988. The minimum atomic E-state index is 0.546. The Hall–Kier alpha value is -1.24. The second kappa shape index (κ2) is 6.08. The van der Waals surface area contributed by atoms with Gasteiger partial charge in [0.15, 0.2) is 0 Å². The molecule has 98 valence electrons. The maximum absolute atomic E-state index is 4.27. The highest BCUT2D eigenvalue weighted by Crippen LogP contribution is 2.04. The Morgan fingerprint density at radius 1 is 1.39 bits per heavy atom. The molecule has 2 aromatic rings. The highest BCUT2D eigenvalue weighted by molar-refractivity contribution is 9.09. The third kappa shape index (κ3) is 3.38. The van der Waals surface area contributed by atoms with E-state index in [1.165, 1.54) is 0 Å². The Bertz CT molecular complexity index is 489. The summed E-state index contributed by atoms with van der Waals surface area (Å²) in [6.45, 7) is 5.81. The first-order valence-corrected chi connectivity index (χ1v) is 7.13. The highest BCUT2D eigenvalue weighted by atomic mass is 79.9. The van der Waals surface area contributed by atoms with Crippen LogP contribution in [0.2, 0.25) is 0 Å². The van der Waals surface area contributed by atoms with E-state index in [9.17, 15) is 0 Å². The molecule has 2 rings (SSSR count). The summed E-state index contributed by atoms with van der Waals surface area (Å²) in [6.07, 6.45) is 4.43. The van der Waals surface area contributed by atoms with Crippen LogP contribution in [0.25, 0.3) is 0 Å².